The lowest BCUT2D eigenvalue weighted by Crippen LogP contribution is -2.09. The van der Waals surface area contributed by atoms with Crippen LogP contribution < -0.4 is 5.32 Å². The molecule has 20 heavy (non-hydrogen) atoms. The number of aryl methyl sites for hydroxylation is 2. The van der Waals surface area contributed by atoms with Gasteiger partial charge in [0.25, 0.3) is 0 Å². The monoisotopic (exact) mass is 273 g/mol. The Bertz CT molecular complexity index is 574. The molecule has 0 atom stereocenters. The highest BCUT2D eigenvalue weighted by atomic mass is 15.3. The molecule has 2 rings (SSSR count). The Balaban J connectivity index is 2.45. The van der Waals surface area contributed by atoms with Crippen molar-refractivity contribution in [3.63, 3.8) is 0 Å². The van der Waals surface area contributed by atoms with Gasteiger partial charge in [0.1, 0.15) is 17.3 Å². The highest BCUT2D eigenvalue weighted by Gasteiger charge is 2.14. The van der Waals surface area contributed by atoms with E-state index in [-0.39, 0.29) is 0 Å². The van der Waals surface area contributed by atoms with E-state index in [1.54, 1.807) is 4.68 Å². The Morgan fingerprint density at radius 3 is 2.60 bits per heavy atom. The van der Waals surface area contributed by atoms with Crippen LogP contribution in [0.3, 0.4) is 0 Å². The number of nitrogens with one attached hydrogen (secondary N) is 1. The van der Waals surface area contributed by atoms with Gasteiger partial charge in [-0.3, -0.25) is 4.68 Å². The first-order valence-electron chi connectivity index (χ1n) is 7.27. The predicted octanol–water partition coefficient (Wildman–Crippen LogP) is 2.96. The van der Waals surface area contributed by atoms with Crippen LogP contribution in [0.15, 0.2) is 12.3 Å². The topological polar surface area (TPSA) is 55.6 Å². The maximum absolute atomic E-state index is 4.69. The third-order valence-corrected chi connectivity index (χ3v) is 3.16. The van der Waals surface area contributed by atoms with E-state index in [9.17, 15) is 0 Å². The minimum absolute atomic E-state index is 0.886. The highest BCUT2D eigenvalue weighted by molar-refractivity contribution is 5.65. The molecule has 0 radical (unpaired) electrons. The van der Waals surface area contributed by atoms with Gasteiger partial charge in [-0.1, -0.05) is 13.8 Å². The van der Waals surface area contributed by atoms with Crippen LogP contribution in [0.2, 0.25) is 0 Å². The van der Waals surface area contributed by atoms with Gasteiger partial charge in [0.05, 0.1) is 5.69 Å². The average molecular weight is 273 g/mol. The Hall–Kier alpha value is -1.91. The highest BCUT2D eigenvalue weighted by Crippen LogP contribution is 2.24. The number of anilines is 1. The largest absolute Gasteiger partial charge is 0.370 e. The summed E-state index contributed by atoms with van der Waals surface area (Å²) in [5, 5.41) is 7.86. The quantitative estimate of drug-likeness (QED) is 0.879. The van der Waals surface area contributed by atoms with Gasteiger partial charge >= 0.3 is 0 Å². The summed E-state index contributed by atoms with van der Waals surface area (Å²) in [4.78, 5) is 9.32. The van der Waals surface area contributed by atoms with E-state index in [0.717, 1.165) is 54.4 Å². The molecule has 0 bridgehead atoms. The molecule has 0 fully saturated rings. The van der Waals surface area contributed by atoms with Gasteiger partial charge in [0.15, 0.2) is 0 Å². The number of hydrogen-bond acceptors (Lipinski definition) is 4. The molecule has 5 heteroatoms. The van der Waals surface area contributed by atoms with Crippen LogP contribution in [-0.2, 0) is 13.5 Å². The molecular weight excluding hydrogens is 250 g/mol. The van der Waals surface area contributed by atoms with Crippen molar-refractivity contribution in [2.75, 3.05) is 11.9 Å². The summed E-state index contributed by atoms with van der Waals surface area (Å²) in [6.45, 7) is 7.27. The molecule has 0 saturated carbocycles. The summed E-state index contributed by atoms with van der Waals surface area (Å²) in [5.74, 6) is 1.82. The van der Waals surface area contributed by atoms with E-state index < -0.39 is 0 Å². The summed E-state index contributed by atoms with van der Waals surface area (Å²) >= 11 is 0. The molecule has 5 nitrogen and oxygen atoms in total. The molecule has 1 N–H and O–H groups in total. The van der Waals surface area contributed by atoms with Crippen molar-refractivity contribution in [3.05, 3.63) is 23.7 Å². The lowest BCUT2D eigenvalue weighted by atomic mass is 10.1. The minimum atomic E-state index is 0.886. The maximum atomic E-state index is 4.69. The molecule has 2 heterocycles. The smallest absolute Gasteiger partial charge is 0.133 e. The number of nitrogens with zero attached hydrogens (tertiary/aromatic N) is 4. The van der Waals surface area contributed by atoms with Gasteiger partial charge in [0, 0.05) is 31.8 Å². The van der Waals surface area contributed by atoms with Crippen molar-refractivity contribution in [1.82, 2.24) is 19.7 Å². The molecule has 2 aromatic rings. The first kappa shape index (κ1) is 14.5. The number of aromatic nitrogens is 4. The van der Waals surface area contributed by atoms with E-state index >= 15 is 0 Å². The molecule has 108 valence electrons. The van der Waals surface area contributed by atoms with E-state index in [4.69, 9.17) is 0 Å². The summed E-state index contributed by atoms with van der Waals surface area (Å²) in [7, 11) is 1.92. The van der Waals surface area contributed by atoms with Crippen LogP contribution in [0.5, 0.6) is 0 Å². The Kier molecular flexibility index (Phi) is 4.71. The Morgan fingerprint density at radius 1 is 1.20 bits per heavy atom. The summed E-state index contributed by atoms with van der Waals surface area (Å²) < 4.78 is 1.80. The number of rotatable bonds is 6. The fourth-order valence-corrected chi connectivity index (χ4v) is 2.10. The maximum Gasteiger partial charge on any atom is 0.133 e. The van der Waals surface area contributed by atoms with Gasteiger partial charge in [-0.25, -0.2) is 9.97 Å². The fourth-order valence-electron chi connectivity index (χ4n) is 2.10. The first-order chi connectivity index (χ1) is 9.65. The lowest BCUT2D eigenvalue weighted by molar-refractivity contribution is 0.767. The van der Waals surface area contributed by atoms with Crippen LogP contribution in [0.4, 0.5) is 5.82 Å². The van der Waals surface area contributed by atoms with E-state index in [0.29, 0.717) is 0 Å². The minimum Gasteiger partial charge on any atom is -0.370 e. The van der Waals surface area contributed by atoms with Crippen molar-refractivity contribution in [1.29, 1.82) is 0 Å². The molecular formula is C15H23N5. The average Bonchev–Trinajstić information content (AvgIpc) is 2.85. The summed E-state index contributed by atoms with van der Waals surface area (Å²) in [6, 6.07) is 1.99. The van der Waals surface area contributed by atoms with Crippen molar-refractivity contribution in [3.8, 4) is 11.4 Å². The SMILES string of the molecule is CCCNc1nc(CCC)nc(-c2ccn(C)n2)c1C. The van der Waals surface area contributed by atoms with E-state index in [1.807, 2.05) is 19.3 Å². The second kappa shape index (κ2) is 6.50. The standard InChI is InChI=1S/C15H23N5/c1-5-7-13-17-14(12-8-10-20(4)19-12)11(3)15(18-13)16-9-6-2/h8,10H,5-7,9H2,1-4H3,(H,16,17,18). The third-order valence-electron chi connectivity index (χ3n) is 3.16. The first-order valence-corrected chi connectivity index (χ1v) is 7.27. The van der Waals surface area contributed by atoms with E-state index in [1.165, 1.54) is 0 Å². The van der Waals surface area contributed by atoms with Crippen LogP contribution in [0, 0.1) is 6.92 Å². The van der Waals surface area contributed by atoms with Crippen molar-refractivity contribution < 1.29 is 0 Å². The molecule has 2 aromatic heterocycles. The van der Waals surface area contributed by atoms with Crippen LogP contribution >= 0.6 is 0 Å². The van der Waals surface area contributed by atoms with Gasteiger partial charge in [-0.05, 0) is 25.8 Å². The van der Waals surface area contributed by atoms with Crippen LogP contribution in [0.25, 0.3) is 11.4 Å². The second-order valence-corrected chi connectivity index (χ2v) is 5.01. The molecule has 0 amide bonds. The summed E-state index contributed by atoms with van der Waals surface area (Å²) in [6.07, 6.45) is 4.94. The van der Waals surface area contributed by atoms with Crippen LogP contribution in [0.1, 0.15) is 38.1 Å². The third kappa shape index (κ3) is 3.15. The number of hydrogen-bond donors (Lipinski definition) is 1. The molecule has 0 aromatic carbocycles. The summed E-state index contributed by atoms with van der Waals surface area (Å²) in [5.41, 5.74) is 2.91. The second-order valence-electron chi connectivity index (χ2n) is 5.01. The van der Waals surface area contributed by atoms with Gasteiger partial charge in [-0.2, -0.15) is 5.10 Å². The Labute approximate surface area is 120 Å². The zero-order valence-electron chi connectivity index (χ0n) is 12.8. The van der Waals surface area contributed by atoms with Gasteiger partial charge in [0.2, 0.25) is 0 Å². The molecule has 0 aliphatic heterocycles. The molecule has 0 aliphatic carbocycles. The van der Waals surface area contributed by atoms with E-state index in [2.05, 4.69) is 41.2 Å². The zero-order chi connectivity index (χ0) is 14.5. The van der Waals surface area contributed by atoms with Gasteiger partial charge in [-0.15, -0.1) is 0 Å². The van der Waals surface area contributed by atoms with Crippen LogP contribution in [-0.4, -0.2) is 26.3 Å². The van der Waals surface area contributed by atoms with Gasteiger partial charge < -0.3 is 5.32 Å². The van der Waals surface area contributed by atoms with Crippen molar-refractivity contribution >= 4 is 5.82 Å². The lowest BCUT2D eigenvalue weighted by Gasteiger charge is -2.12. The molecule has 0 unspecified atom stereocenters. The fraction of sp³-hybridized carbons (Fsp3) is 0.533. The van der Waals surface area contributed by atoms with Crippen molar-refractivity contribution in [2.45, 2.75) is 40.0 Å². The zero-order valence-corrected chi connectivity index (χ0v) is 12.8. The predicted molar refractivity (Wildman–Crippen MR) is 81.7 cm³/mol. The normalized spacial score (nSPS) is 10.8. The molecule has 0 spiro atoms. The Morgan fingerprint density at radius 2 is 2.00 bits per heavy atom. The molecule has 0 aliphatic rings. The molecule has 0 saturated heterocycles. The van der Waals surface area contributed by atoms with Crippen molar-refractivity contribution in [2.24, 2.45) is 7.05 Å².